The van der Waals surface area contributed by atoms with Gasteiger partial charge in [0.25, 0.3) is 0 Å². The van der Waals surface area contributed by atoms with Crippen LogP contribution in [0, 0.1) is 5.92 Å². The molecule has 0 saturated heterocycles. The summed E-state index contributed by atoms with van der Waals surface area (Å²) in [5.74, 6) is 1.69. The van der Waals surface area contributed by atoms with Gasteiger partial charge < -0.3 is 5.32 Å². The van der Waals surface area contributed by atoms with E-state index in [9.17, 15) is 4.79 Å². The number of fused-ring (bicyclic) bond motifs is 1. The lowest BCUT2D eigenvalue weighted by atomic mass is 10.0. The average molecular weight is 322 g/mol. The molecule has 6 heteroatoms. The number of benzene rings is 1. The summed E-state index contributed by atoms with van der Waals surface area (Å²) in [5, 5.41) is 8.37. The molecule has 1 aromatic carbocycles. The van der Waals surface area contributed by atoms with Gasteiger partial charge in [-0.1, -0.05) is 25.4 Å². The highest BCUT2D eigenvalue weighted by atomic mass is 35.5. The molecular formula is C15H16ClN3OS. The Balaban J connectivity index is 2.09. The van der Waals surface area contributed by atoms with Crippen molar-refractivity contribution in [3.05, 3.63) is 41.0 Å². The molecular weight excluding hydrogens is 306 g/mol. The van der Waals surface area contributed by atoms with Gasteiger partial charge in [0.15, 0.2) is 0 Å². The van der Waals surface area contributed by atoms with E-state index in [0.717, 1.165) is 17.1 Å². The Kier molecular flexibility index (Phi) is 3.95. The fourth-order valence-corrected chi connectivity index (χ4v) is 3.71. The monoisotopic (exact) mass is 321 g/mol. The summed E-state index contributed by atoms with van der Waals surface area (Å²) in [7, 11) is 0. The van der Waals surface area contributed by atoms with Gasteiger partial charge in [0.2, 0.25) is 5.91 Å². The lowest BCUT2D eigenvalue weighted by Gasteiger charge is -2.17. The number of halogens is 1. The summed E-state index contributed by atoms with van der Waals surface area (Å²) < 4.78 is 1.77. The largest absolute Gasteiger partial charge is 0.310 e. The van der Waals surface area contributed by atoms with Gasteiger partial charge in [-0.25, -0.2) is 4.68 Å². The van der Waals surface area contributed by atoms with Crippen LogP contribution in [0.4, 0.5) is 5.82 Å². The number of hydrogen-bond acceptors (Lipinski definition) is 3. The second-order valence-corrected chi connectivity index (χ2v) is 6.93. The first-order valence-electron chi connectivity index (χ1n) is 6.81. The van der Waals surface area contributed by atoms with E-state index in [1.807, 2.05) is 30.5 Å². The molecule has 1 aliphatic rings. The lowest BCUT2D eigenvalue weighted by molar-refractivity contribution is -0.113. The van der Waals surface area contributed by atoms with Crippen molar-refractivity contribution in [2.24, 2.45) is 5.92 Å². The number of hydrogen-bond donors (Lipinski definition) is 1. The maximum absolute atomic E-state index is 12.0. The molecule has 1 amide bonds. The van der Waals surface area contributed by atoms with Gasteiger partial charge in [-0.3, -0.25) is 4.79 Å². The molecule has 1 aliphatic heterocycles. The minimum Gasteiger partial charge on any atom is -0.310 e. The highest BCUT2D eigenvalue weighted by molar-refractivity contribution is 8.00. The summed E-state index contributed by atoms with van der Waals surface area (Å²) in [6, 6.07) is 7.42. The Morgan fingerprint density at radius 3 is 2.76 bits per heavy atom. The predicted molar refractivity (Wildman–Crippen MR) is 87.2 cm³/mol. The summed E-state index contributed by atoms with van der Waals surface area (Å²) in [5.41, 5.74) is 1.96. The highest BCUT2D eigenvalue weighted by Crippen LogP contribution is 2.42. The Hall–Kier alpha value is -1.46. The number of rotatable bonds is 2. The van der Waals surface area contributed by atoms with E-state index in [2.05, 4.69) is 24.3 Å². The normalized spacial score (nSPS) is 18.3. The van der Waals surface area contributed by atoms with Crippen LogP contribution in [0.25, 0.3) is 5.69 Å². The fourth-order valence-electron chi connectivity index (χ4n) is 2.45. The first-order valence-corrected chi connectivity index (χ1v) is 8.24. The number of carbonyl (C=O) groups is 1. The molecule has 2 aromatic rings. The van der Waals surface area contributed by atoms with Gasteiger partial charge in [0.05, 0.1) is 17.6 Å². The van der Waals surface area contributed by atoms with Crippen LogP contribution < -0.4 is 5.32 Å². The quantitative estimate of drug-likeness (QED) is 0.912. The van der Waals surface area contributed by atoms with Crippen molar-refractivity contribution in [2.45, 2.75) is 19.1 Å². The molecule has 0 spiro atoms. The number of thioether (sulfide) groups is 1. The number of aromatic nitrogens is 2. The summed E-state index contributed by atoms with van der Waals surface area (Å²) >= 11 is 7.60. The van der Waals surface area contributed by atoms with Crippen LogP contribution in [0.15, 0.2) is 30.5 Å². The van der Waals surface area contributed by atoms with Crippen LogP contribution in [0.2, 0.25) is 5.02 Å². The van der Waals surface area contributed by atoms with Crippen molar-refractivity contribution in [3.63, 3.8) is 0 Å². The third-order valence-corrected chi connectivity index (χ3v) is 5.27. The van der Waals surface area contributed by atoms with Crippen LogP contribution >= 0.6 is 23.4 Å². The zero-order chi connectivity index (χ0) is 15.0. The lowest BCUT2D eigenvalue weighted by Crippen LogP contribution is -2.15. The molecule has 3 rings (SSSR count). The third kappa shape index (κ3) is 2.80. The van der Waals surface area contributed by atoms with E-state index >= 15 is 0 Å². The van der Waals surface area contributed by atoms with Crippen molar-refractivity contribution in [1.29, 1.82) is 0 Å². The SMILES string of the molecule is CC(C)C1SCC(=O)Nc2c1cnn2-c1ccc(Cl)cc1. The standard InChI is InChI=1S/C15H16ClN3OS/c1-9(2)14-12-7-17-19(11-5-3-10(16)4-6-11)15(12)18-13(20)8-21-14/h3-7,9,14H,8H2,1-2H3,(H,18,20). The van der Waals surface area contributed by atoms with Crippen molar-refractivity contribution >= 4 is 35.1 Å². The molecule has 110 valence electrons. The van der Waals surface area contributed by atoms with E-state index in [-0.39, 0.29) is 11.2 Å². The van der Waals surface area contributed by atoms with Crippen molar-refractivity contribution in [1.82, 2.24) is 9.78 Å². The first kappa shape index (κ1) is 14.5. The maximum Gasteiger partial charge on any atom is 0.235 e. The second kappa shape index (κ2) is 5.73. The summed E-state index contributed by atoms with van der Waals surface area (Å²) in [4.78, 5) is 12.0. The Morgan fingerprint density at radius 1 is 1.38 bits per heavy atom. The van der Waals surface area contributed by atoms with Crippen molar-refractivity contribution < 1.29 is 4.79 Å². The smallest absolute Gasteiger partial charge is 0.235 e. The molecule has 0 aliphatic carbocycles. The number of amides is 1. The molecule has 2 heterocycles. The molecule has 4 nitrogen and oxygen atoms in total. The number of nitrogens with zero attached hydrogens (tertiary/aromatic N) is 2. The van der Waals surface area contributed by atoms with Crippen LogP contribution in [0.5, 0.6) is 0 Å². The molecule has 0 fully saturated rings. The van der Waals surface area contributed by atoms with Gasteiger partial charge in [-0.05, 0) is 30.2 Å². The Labute approximate surface area is 132 Å². The zero-order valence-electron chi connectivity index (χ0n) is 11.8. The minimum atomic E-state index is 0.0140. The molecule has 1 aromatic heterocycles. The van der Waals surface area contributed by atoms with Crippen molar-refractivity contribution in [3.8, 4) is 5.69 Å². The van der Waals surface area contributed by atoms with Gasteiger partial charge in [-0.2, -0.15) is 5.10 Å². The first-order chi connectivity index (χ1) is 10.1. The van der Waals surface area contributed by atoms with Gasteiger partial charge in [0.1, 0.15) is 5.82 Å². The van der Waals surface area contributed by atoms with Crippen LogP contribution in [-0.2, 0) is 4.79 Å². The average Bonchev–Trinajstić information content (AvgIpc) is 2.75. The topological polar surface area (TPSA) is 46.9 Å². The van der Waals surface area contributed by atoms with Crippen LogP contribution in [0.3, 0.4) is 0 Å². The number of nitrogens with one attached hydrogen (secondary N) is 1. The Bertz CT molecular complexity index is 666. The molecule has 1 N–H and O–H groups in total. The van der Waals surface area contributed by atoms with E-state index < -0.39 is 0 Å². The van der Waals surface area contributed by atoms with Gasteiger partial charge in [0, 0.05) is 15.8 Å². The predicted octanol–water partition coefficient (Wildman–Crippen LogP) is 3.91. The summed E-state index contributed by atoms with van der Waals surface area (Å²) in [6.45, 7) is 4.33. The van der Waals surface area contributed by atoms with Gasteiger partial charge >= 0.3 is 0 Å². The molecule has 0 radical (unpaired) electrons. The number of anilines is 1. The zero-order valence-corrected chi connectivity index (χ0v) is 13.4. The second-order valence-electron chi connectivity index (χ2n) is 5.36. The van der Waals surface area contributed by atoms with Crippen LogP contribution in [-0.4, -0.2) is 21.4 Å². The third-order valence-electron chi connectivity index (χ3n) is 3.43. The van der Waals surface area contributed by atoms with E-state index in [1.54, 1.807) is 16.4 Å². The fraction of sp³-hybridized carbons (Fsp3) is 0.333. The minimum absolute atomic E-state index is 0.0140. The van der Waals surface area contributed by atoms with E-state index in [1.165, 1.54) is 0 Å². The molecule has 1 unspecified atom stereocenters. The maximum atomic E-state index is 12.0. The summed E-state index contributed by atoms with van der Waals surface area (Å²) in [6.07, 6.45) is 1.85. The molecule has 0 saturated carbocycles. The molecule has 1 atom stereocenters. The van der Waals surface area contributed by atoms with E-state index in [4.69, 9.17) is 11.6 Å². The van der Waals surface area contributed by atoms with Crippen molar-refractivity contribution in [2.75, 3.05) is 11.1 Å². The molecule has 0 bridgehead atoms. The Morgan fingerprint density at radius 2 is 2.10 bits per heavy atom. The highest BCUT2D eigenvalue weighted by Gasteiger charge is 2.28. The van der Waals surface area contributed by atoms with E-state index in [0.29, 0.717) is 16.7 Å². The number of carbonyl (C=O) groups excluding carboxylic acids is 1. The van der Waals surface area contributed by atoms with Crippen LogP contribution in [0.1, 0.15) is 24.7 Å². The van der Waals surface area contributed by atoms with Gasteiger partial charge in [-0.15, -0.1) is 11.8 Å². The molecule has 21 heavy (non-hydrogen) atoms.